The van der Waals surface area contributed by atoms with Gasteiger partial charge in [-0.15, -0.1) is 0 Å². The Morgan fingerprint density at radius 1 is 1.07 bits per heavy atom. The Balaban J connectivity index is 1.79. The van der Waals surface area contributed by atoms with Crippen LogP contribution in [0.3, 0.4) is 0 Å². The van der Waals surface area contributed by atoms with E-state index in [1.807, 2.05) is 0 Å². The average Bonchev–Trinajstić information content (AvgIpc) is 2.19. The van der Waals surface area contributed by atoms with E-state index in [2.05, 4.69) is 13.0 Å². The molecule has 1 fully saturated rings. The van der Waals surface area contributed by atoms with Crippen LogP contribution >= 0.6 is 0 Å². The van der Waals surface area contributed by atoms with Crippen molar-refractivity contribution in [3.05, 3.63) is 11.6 Å². The van der Waals surface area contributed by atoms with Gasteiger partial charge in [-0.25, -0.2) is 0 Å². The van der Waals surface area contributed by atoms with Crippen LogP contribution in [0.25, 0.3) is 0 Å². The van der Waals surface area contributed by atoms with Gasteiger partial charge in [-0.2, -0.15) is 0 Å². The highest BCUT2D eigenvalue weighted by Gasteiger charge is 2.17. The van der Waals surface area contributed by atoms with Gasteiger partial charge in [0.25, 0.3) is 0 Å². The summed E-state index contributed by atoms with van der Waals surface area (Å²) in [5, 5.41) is 0. The fraction of sp³-hybridized carbons (Fsp3) is 0.857. The van der Waals surface area contributed by atoms with Gasteiger partial charge < -0.3 is 5.73 Å². The van der Waals surface area contributed by atoms with Crippen molar-refractivity contribution in [3.8, 4) is 0 Å². The van der Waals surface area contributed by atoms with Gasteiger partial charge in [0.2, 0.25) is 0 Å². The molecule has 0 aromatic carbocycles. The van der Waals surface area contributed by atoms with Crippen LogP contribution < -0.4 is 5.73 Å². The molecule has 1 heteroatoms. The molecular weight excluding hydrogens is 182 g/mol. The van der Waals surface area contributed by atoms with Crippen molar-refractivity contribution in [2.45, 2.75) is 77.2 Å². The SMILES string of the molecule is CCCCCCCCCC=C1CC(N)C1. The first-order valence-corrected chi connectivity index (χ1v) is 6.76. The van der Waals surface area contributed by atoms with Gasteiger partial charge in [-0.3, -0.25) is 0 Å². The highest BCUT2D eigenvalue weighted by Crippen LogP contribution is 2.25. The van der Waals surface area contributed by atoms with Gasteiger partial charge >= 0.3 is 0 Å². The van der Waals surface area contributed by atoms with Gasteiger partial charge in [0.1, 0.15) is 0 Å². The standard InChI is InChI=1S/C14H27N/c1-2-3-4-5-6-7-8-9-10-13-11-14(15)12-13/h10,14H,2-9,11-12,15H2,1H3. The molecule has 0 unspecified atom stereocenters. The number of nitrogens with two attached hydrogens (primary N) is 1. The second-order valence-corrected chi connectivity index (χ2v) is 4.94. The summed E-state index contributed by atoms with van der Waals surface area (Å²) in [6.07, 6.45) is 15.9. The molecule has 0 radical (unpaired) electrons. The Bertz CT molecular complexity index is 176. The smallest absolute Gasteiger partial charge is 0.0113 e. The van der Waals surface area contributed by atoms with Crippen LogP contribution in [0.1, 0.15) is 71.1 Å². The zero-order valence-corrected chi connectivity index (χ0v) is 10.3. The summed E-state index contributed by atoms with van der Waals surface area (Å²) in [6, 6.07) is 0.477. The van der Waals surface area contributed by atoms with E-state index < -0.39 is 0 Å². The first kappa shape index (κ1) is 12.8. The third kappa shape index (κ3) is 5.99. The van der Waals surface area contributed by atoms with Gasteiger partial charge in [0.15, 0.2) is 0 Å². The van der Waals surface area contributed by atoms with Crippen molar-refractivity contribution in [1.29, 1.82) is 0 Å². The summed E-state index contributed by atoms with van der Waals surface area (Å²) in [5.41, 5.74) is 7.33. The van der Waals surface area contributed by atoms with Crippen molar-refractivity contribution < 1.29 is 0 Å². The molecule has 88 valence electrons. The highest BCUT2D eigenvalue weighted by atomic mass is 14.7. The summed E-state index contributed by atoms with van der Waals surface area (Å²) in [7, 11) is 0. The van der Waals surface area contributed by atoms with Crippen LogP contribution in [0, 0.1) is 0 Å². The quantitative estimate of drug-likeness (QED) is 0.471. The first-order valence-electron chi connectivity index (χ1n) is 6.76. The third-order valence-electron chi connectivity index (χ3n) is 3.29. The largest absolute Gasteiger partial charge is 0.327 e. The predicted octanol–water partition coefficient (Wildman–Crippen LogP) is 4.17. The van der Waals surface area contributed by atoms with Crippen molar-refractivity contribution in [1.82, 2.24) is 0 Å². The van der Waals surface area contributed by atoms with E-state index in [1.54, 1.807) is 5.57 Å². The molecule has 1 nitrogen and oxygen atoms in total. The Morgan fingerprint density at radius 2 is 1.67 bits per heavy atom. The zero-order valence-electron chi connectivity index (χ0n) is 10.3. The maximum atomic E-state index is 5.73. The summed E-state index contributed by atoms with van der Waals surface area (Å²) >= 11 is 0. The van der Waals surface area contributed by atoms with E-state index >= 15 is 0 Å². The molecular formula is C14H27N. The Labute approximate surface area is 95.1 Å². The molecule has 0 bridgehead atoms. The minimum Gasteiger partial charge on any atom is -0.327 e. The van der Waals surface area contributed by atoms with Crippen molar-refractivity contribution in [2.24, 2.45) is 5.73 Å². The van der Waals surface area contributed by atoms with Gasteiger partial charge in [-0.05, 0) is 25.7 Å². The summed E-state index contributed by atoms with van der Waals surface area (Å²) < 4.78 is 0. The number of unbranched alkanes of at least 4 members (excludes halogenated alkanes) is 7. The van der Waals surface area contributed by atoms with Gasteiger partial charge in [-0.1, -0.05) is 57.1 Å². The molecule has 0 aromatic heterocycles. The Hall–Kier alpha value is -0.300. The lowest BCUT2D eigenvalue weighted by Gasteiger charge is -2.25. The minimum absolute atomic E-state index is 0.477. The molecule has 0 spiro atoms. The topological polar surface area (TPSA) is 26.0 Å². The fourth-order valence-electron chi connectivity index (χ4n) is 2.19. The molecule has 1 aliphatic rings. The Morgan fingerprint density at radius 3 is 2.27 bits per heavy atom. The van der Waals surface area contributed by atoms with E-state index in [9.17, 15) is 0 Å². The van der Waals surface area contributed by atoms with E-state index in [1.165, 1.54) is 51.4 Å². The normalized spacial score (nSPS) is 20.1. The highest BCUT2D eigenvalue weighted by molar-refractivity contribution is 5.14. The van der Waals surface area contributed by atoms with Crippen LogP contribution in [0.4, 0.5) is 0 Å². The third-order valence-corrected chi connectivity index (χ3v) is 3.29. The minimum atomic E-state index is 0.477. The second kappa shape index (κ2) is 7.92. The zero-order chi connectivity index (χ0) is 10.9. The number of hydrogen-bond acceptors (Lipinski definition) is 1. The van der Waals surface area contributed by atoms with E-state index in [0.29, 0.717) is 6.04 Å². The lowest BCUT2D eigenvalue weighted by atomic mass is 9.86. The molecule has 2 N–H and O–H groups in total. The molecule has 15 heavy (non-hydrogen) atoms. The van der Waals surface area contributed by atoms with Gasteiger partial charge in [0, 0.05) is 6.04 Å². The second-order valence-electron chi connectivity index (χ2n) is 4.94. The molecule has 1 aliphatic carbocycles. The summed E-state index contributed by atoms with van der Waals surface area (Å²) in [4.78, 5) is 0. The molecule has 0 atom stereocenters. The van der Waals surface area contributed by atoms with E-state index in [4.69, 9.17) is 5.73 Å². The first-order chi connectivity index (χ1) is 7.33. The molecule has 0 aromatic rings. The van der Waals surface area contributed by atoms with E-state index in [-0.39, 0.29) is 0 Å². The van der Waals surface area contributed by atoms with Crippen molar-refractivity contribution >= 4 is 0 Å². The lowest BCUT2D eigenvalue weighted by molar-refractivity contribution is 0.535. The Kier molecular flexibility index (Phi) is 6.74. The molecule has 1 rings (SSSR count). The maximum Gasteiger partial charge on any atom is 0.0113 e. The number of allylic oxidation sites excluding steroid dienone is 1. The average molecular weight is 209 g/mol. The maximum absolute atomic E-state index is 5.73. The molecule has 1 saturated carbocycles. The van der Waals surface area contributed by atoms with Gasteiger partial charge in [0.05, 0.1) is 0 Å². The van der Waals surface area contributed by atoms with Crippen LogP contribution in [0.5, 0.6) is 0 Å². The molecule has 0 heterocycles. The molecule has 0 saturated heterocycles. The molecule has 0 amide bonds. The van der Waals surface area contributed by atoms with Crippen molar-refractivity contribution in [3.63, 3.8) is 0 Å². The number of hydrogen-bond donors (Lipinski definition) is 1. The van der Waals surface area contributed by atoms with Crippen LogP contribution in [-0.2, 0) is 0 Å². The van der Waals surface area contributed by atoms with Crippen LogP contribution in [0.2, 0.25) is 0 Å². The summed E-state index contributed by atoms with van der Waals surface area (Å²) in [5.74, 6) is 0. The van der Waals surface area contributed by atoms with Crippen LogP contribution in [0.15, 0.2) is 11.6 Å². The lowest BCUT2D eigenvalue weighted by Crippen LogP contribution is -2.30. The van der Waals surface area contributed by atoms with Crippen molar-refractivity contribution in [2.75, 3.05) is 0 Å². The van der Waals surface area contributed by atoms with Crippen LogP contribution in [-0.4, -0.2) is 6.04 Å². The fourth-order valence-corrected chi connectivity index (χ4v) is 2.19. The van der Waals surface area contributed by atoms with E-state index in [0.717, 1.165) is 12.8 Å². The predicted molar refractivity (Wildman–Crippen MR) is 67.9 cm³/mol. The monoisotopic (exact) mass is 209 g/mol. The number of rotatable bonds is 8. The molecule has 0 aliphatic heterocycles. The summed E-state index contributed by atoms with van der Waals surface area (Å²) in [6.45, 7) is 2.27.